The topological polar surface area (TPSA) is 38.4 Å². The van der Waals surface area contributed by atoms with Gasteiger partial charge in [0.25, 0.3) is 5.69 Å². The first-order valence-electron chi connectivity index (χ1n) is 5.89. The third-order valence-corrected chi connectivity index (χ3v) is 3.16. The number of aryl methyl sites for hydroxylation is 2. The van der Waals surface area contributed by atoms with Crippen LogP contribution < -0.4 is 0 Å². The number of hydrogen-bond acceptors (Lipinski definition) is 2. The van der Waals surface area contributed by atoms with Crippen LogP contribution in [0.4, 0.5) is 20.2 Å². The van der Waals surface area contributed by atoms with Gasteiger partial charge in [-0.2, -0.15) is 0 Å². The number of halogens is 2. The second-order valence-electron chi connectivity index (χ2n) is 4.42. The van der Waals surface area contributed by atoms with E-state index in [9.17, 15) is 14.0 Å². The number of nitrogens with zero attached hydrogens (tertiary/aromatic N) is 2. The fraction of sp³-hybridized carbons (Fsp3) is 0.143. The Morgan fingerprint density at radius 2 is 1.58 bits per heavy atom. The van der Waals surface area contributed by atoms with Gasteiger partial charge in [0.05, 0.1) is 0 Å². The summed E-state index contributed by atoms with van der Waals surface area (Å²) in [5.74, 6) is -0.939. The highest BCUT2D eigenvalue weighted by molar-refractivity contribution is 5.48. The number of fused-ring (bicyclic) bond motifs is 2. The van der Waals surface area contributed by atoms with Crippen LogP contribution in [0.15, 0.2) is 41.5 Å². The van der Waals surface area contributed by atoms with Crippen molar-refractivity contribution in [2.24, 2.45) is 5.11 Å². The quantitative estimate of drug-likeness (QED) is 0.521. The van der Waals surface area contributed by atoms with Crippen molar-refractivity contribution in [1.29, 1.82) is 0 Å². The molecule has 2 aromatic rings. The maximum absolute atomic E-state index is 13.2. The summed E-state index contributed by atoms with van der Waals surface area (Å²) in [6.45, 7) is 0. The molecule has 0 fully saturated rings. The maximum atomic E-state index is 13.2. The molecular weight excluding hydrogens is 250 g/mol. The zero-order chi connectivity index (χ0) is 13.4. The Hall–Kier alpha value is -2.30. The second-order valence-corrected chi connectivity index (χ2v) is 4.42. The van der Waals surface area contributed by atoms with Gasteiger partial charge in [0.15, 0.2) is 0 Å². The summed E-state index contributed by atoms with van der Waals surface area (Å²) in [5.41, 5.74) is 2.01. The first-order valence-corrected chi connectivity index (χ1v) is 5.89. The van der Waals surface area contributed by atoms with Gasteiger partial charge in [-0.15, -0.1) is 0 Å². The fourth-order valence-electron chi connectivity index (χ4n) is 2.19. The lowest BCUT2D eigenvalue weighted by atomic mass is 10.0. The van der Waals surface area contributed by atoms with Crippen LogP contribution in [0.5, 0.6) is 0 Å². The van der Waals surface area contributed by atoms with Gasteiger partial charge in [0.2, 0.25) is 0 Å². The number of azo groups is 1. The van der Waals surface area contributed by atoms with Gasteiger partial charge in [-0.25, -0.2) is 8.78 Å². The fourth-order valence-corrected chi connectivity index (χ4v) is 2.19. The normalized spacial score (nSPS) is 13.9. The van der Waals surface area contributed by atoms with Crippen molar-refractivity contribution in [2.75, 3.05) is 0 Å². The molecule has 96 valence electrons. The second kappa shape index (κ2) is 4.42. The van der Waals surface area contributed by atoms with Crippen molar-refractivity contribution < 1.29 is 13.6 Å². The van der Waals surface area contributed by atoms with Crippen molar-refractivity contribution in [3.8, 4) is 0 Å². The lowest BCUT2D eigenvalue weighted by Crippen LogP contribution is -2.03. The molecule has 0 amide bonds. The van der Waals surface area contributed by atoms with E-state index in [1.807, 2.05) is 0 Å². The van der Waals surface area contributed by atoms with E-state index in [4.69, 9.17) is 0 Å². The number of benzene rings is 2. The summed E-state index contributed by atoms with van der Waals surface area (Å²) in [5, 5.41) is 15.8. The molecule has 3 nitrogen and oxygen atoms in total. The van der Waals surface area contributed by atoms with Crippen LogP contribution in [-0.4, -0.2) is 4.86 Å². The zero-order valence-electron chi connectivity index (χ0n) is 9.94. The lowest BCUT2D eigenvalue weighted by Gasteiger charge is -2.12. The standard InChI is InChI=1S/C14H10F2N2O/c15-11-5-3-9-1-2-10-4-6-12(16)8-14(10)18(19)17-13(9)7-11/h3-8H,1-2H2. The molecule has 0 radical (unpaired) electrons. The third-order valence-electron chi connectivity index (χ3n) is 3.16. The molecule has 1 aliphatic heterocycles. The summed E-state index contributed by atoms with van der Waals surface area (Å²) in [6.07, 6.45) is 1.22. The van der Waals surface area contributed by atoms with E-state index in [0.29, 0.717) is 23.4 Å². The first-order chi connectivity index (χ1) is 9.13. The van der Waals surface area contributed by atoms with Gasteiger partial charge < -0.3 is 5.21 Å². The minimum Gasteiger partial charge on any atom is -0.594 e. The molecule has 19 heavy (non-hydrogen) atoms. The highest BCUT2D eigenvalue weighted by Gasteiger charge is 2.18. The minimum atomic E-state index is -0.491. The first kappa shape index (κ1) is 11.8. The molecular formula is C14H10F2N2O. The predicted molar refractivity (Wildman–Crippen MR) is 65.6 cm³/mol. The van der Waals surface area contributed by atoms with Crippen LogP contribution in [0, 0.1) is 16.8 Å². The molecule has 2 aromatic carbocycles. The summed E-state index contributed by atoms with van der Waals surface area (Å²) in [7, 11) is 0. The van der Waals surface area contributed by atoms with Crippen molar-refractivity contribution in [3.05, 3.63) is 64.4 Å². The number of hydrogen-bond donors (Lipinski definition) is 0. The molecule has 0 N–H and O–H groups in total. The molecule has 0 aromatic heterocycles. The Morgan fingerprint density at radius 1 is 0.947 bits per heavy atom. The Morgan fingerprint density at radius 3 is 2.37 bits per heavy atom. The Labute approximate surface area is 108 Å². The third kappa shape index (κ3) is 2.19. The molecule has 0 spiro atoms. The Balaban J connectivity index is 2.18. The van der Waals surface area contributed by atoms with Crippen molar-refractivity contribution >= 4 is 11.4 Å². The van der Waals surface area contributed by atoms with Gasteiger partial charge in [0.1, 0.15) is 17.3 Å². The van der Waals surface area contributed by atoms with Crippen molar-refractivity contribution in [1.82, 2.24) is 0 Å². The number of rotatable bonds is 0. The molecule has 5 heteroatoms. The summed E-state index contributed by atoms with van der Waals surface area (Å²) < 4.78 is 26.4. The van der Waals surface area contributed by atoms with Crippen LogP contribution in [0.1, 0.15) is 11.1 Å². The largest absolute Gasteiger partial charge is 0.594 e. The van der Waals surface area contributed by atoms with Gasteiger partial charge in [0, 0.05) is 22.8 Å². The van der Waals surface area contributed by atoms with Crippen molar-refractivity contribution in [2.45, 2.75) is 12.8 Å². The van der Waals surface area contributed by atoms with Crippen LogP contribution in [0.3, 0.4) is 0 Å². The van der Waals surface area contributed by atoms with E-state index >= 15 is 0 Å². The smallest absolute Gasteiger partial charge is 0.251 e. The zero-order valence-corrected chi connectivity index (χ0v) is 9.94. The van der Waals surface area contributed by atoms with Crippen LogP contribution >= 0.6 is 0 Å². The van der Waals surface area contributed by atoms with E-state index in [2.05, 4.69) is 5.11 Å². The van der Waals surface area contributed by atoms with E-state index in [-0.39, 0.29) is 5.69 Å². The molecule has 0 atom stereocenters. The monoisotopic (exact) mass is 260 g/mol. The summed E-state index contributed by atoms with van der Waals surface area (Å²) in [4.78, 5) is 0.357. The summed E-state index contributed by atoms with van der Waals surface area (Å²) >= 11 is 0. The minimum absolute atomic E-state index is 0.176. The summed E-state index contributed by atoms with van der Waals surface area (Å²) in [6, 6.07) is 8.23. The SMILES string of the molecule is [O-][N+]1=Nc2cc(F)ccc2CCc2ccc(F)cc21. The van der Waals surface area contributed by atoms with Gasteiger partial charge in [-0.1, -0.05) is 6.07 Å². The molecule has 0 aliphatic carbocycles. The van der Waals surface area contributed by atoms with E-state index in [0.717, 1.165) is 17.2 Å². The van der Waals surface area contributed by atoms with Gasteiger partial charge >= 0.3 is 0 Å². The molecule has 3 rings (SSSR count). The van der Waals surface area contributed by atoms with E-state index in [1.165, 1.54) is 18.2 Å². The molecule has 1 heterocycles. The van der Waals surface area contributed by atoms with Gasteiger partial charge in [-0.3, -0.25) is 0 Å². The van der Waals surface area contributed by atoms with E-state index < -0.39 is 11.6 Å². The highest BCUT2D eigenvalue weighted by atomic mass is 19.1. The van der Waals surface area contributed by atoms with Crippen LogP contribution in [0.25, 0.3) is 0 Å². The molecule has 1 aliphatic rings. The maximum Gasteiger partial charge on any atom is 0.251 e. The average Bonchev–Trinajstić information content (AvgIpc) is 2.37. The Kier molecular flexibility index (Phi) is 2.74. The van der Waals surface area contributed by atoms with Crippen molar-refractivity contribution in [3.63, 3.8) is 0 Å². The van der Waals surface area contributed by atoms with Crippen LogP contribution in [-0.2, 0) is 12.8 Å². The highest BCUT2D eigenvalue weighted by Crippen LogP contribution is 2.30. The van der Waals surface area contributed by atoms with Crippen LogP contribution in [0.2, 0.25) is 0 Å². The molecule has 0 saturated heterocycles. The molecule has 0 bridgehead atoms. The molecule has 0 unspecified atom stereocenters. The lowest BCUT2D eigenvalue weighted by molar-refractivity contribution is -0.436. The average molecular weight is 260 g/mol. The Bertz CT molecular complexity index is 683. The predicted octanol–water partition coefficient (Wildman–Crippen LogP) is 3.99. The van der Waals surface area contributed by atoms with Gasteiger partial charge in [-0.05, 0) is 41.5 Å². The molecule has 0 saturated carbocycles. The van der Waals surface area contributed by atoms with E-state index in [1.54, 1.807) is 12.1 Å².